The van der Waals surface area contributed by atoms with Gasteiger partial charge in [0.1, 0.15) is 5.75 Å². The number of aromatic nitrogens is 3. The summed E-state index contributed by atoms with van der Waals surface area (Å²) in [5, 5.41) is 14.1. The average molecular weight is 286 g/mol. The fraction of sp³-hybridized carbons (Fsp3) is 0.400. The van der Waals surface area contributed by atoms with Crippen LogP contribution in [0.1, 0.15) is 34.9 Å². The first kappa shape index (κ1) is 13.6. The zero-order valence-corrected chi connectivity index (χ0v) is 11.9. The van der Waals surface area contributed by atoms with E-state index in [4.69, 9.17) is 0 Å². The van der Waals surface area contributed by atoms with Gasteiger partial charge in [0, 0.05) is 25.5 Å². The van der Waals surface area contributed by atoms with Crippen LogP contribution in [0.5, 0.6) is 5.75 Å². The van der Waals surface area contributed by atoms with Gasteiger partial charge in [-0.2, -0.15) is 5.10 Å². The van der Waals surface area contributed by atoms with Crippen LogP contribution >= 0.6 is 0 Å². The zero-order chi connectivity index (χ0) is 14.8. The van der Waals surface area contributed by atoms with E-state index in [-0.39, 0.29) is 23.4 Å². The number of piperidine rings is 1. The van der Waals surface area contributed by atoms with E-state index in [1.165, 1.54) is 12.3 Å². The van der Waals surface area contributed by atoms with Gasteiger partial charge in [-0.15, -0.1) is 0 Å². The minimum Gasteiger partial charge on any atom is -0.505 e. The van der Waals surface area contributed by atoms with E-state index >= 15 is 0 Å². The second-order valence-corrected chi connectivity index (χ2v) is 5.42. The molecule has 2 aromatic heterocycles. The Morgan fingerprint density at radius 1 is 1.48 bits per heavy atom. The summed E-state index contributed by atoms with van der Waals surface area (Å²) in [5.41, 5.74) is 1.23. The first-order valence-electron chi connectivity index (χ1n) is 7.09. The molecule has 0 radical (unpaired) electrons. The molecule has 1 fully saturated rings. The van der Waals surface area contributed by atoms with Crippen molar-refractivity contribution in [3.63, 3.8) is 0 Å². The molecular formula is C15H18N4O2. The maximum Gasteiger partial charge on any atom is 0.276 e. The molecule has 110 valence electrons. The maximum absolute atomic E-state index is 12.5. The molecule has 6 heteroatoms. The summed E-state index contributed by atoms with van der Waals surface area (Å²) in [4.78, 5) is 18.2. The number of carbonyl (C=O) groups excluding carboxylic acids is 1. The van der Waals surface area contributed by atoms with E-state index in [2.05, 4.69) is 10.1 Å². The summed E-state index contributed by atoms with van der Waals surface area (Å²) in [5.74, 6) is -0.291. The fourth-order valence-electron chi connectivity index (χ4n) is 2.70. The van der Waals surface area contributed by atoms with Gasteiger partial charge < -0.3 is 10.0 Å². The molecule has 1 N–H and O–H groups in total. The van der Waals surface area contributed by atoms with E-state index < -0.39 is 0 Å². The van der Waals surface area contributed by atoms with Crippen molar-refractivity contribution in [2.24, 2.45) is 0 Å². The fourth-order valence-corrected chi connectivity index (χ4v) is 2.70. The second-order valence-electron chi connectivity index (χ2n) is 5.42. The molecule has 6 nitrogen and oxygen atoms in total. The summed E-state index contributed by atoms with van der Waals surface area (Å²) >= 11 is 0. The molecule has 1 aliphatic heterocycles. The SMILES string of the molecule is Cc1cnn([C@@H]2CCCN(C(=O)c3ncccc3O)C2)c1. The topological polar surface area (TPSA) is 71.2 Å². The van der Waals surface area contributed by atoms with Crippen LogP contribution in [0.3, 0.4) is 0 Å². The van der Waals surface area contributed by atoms with E-state index in [1.54, 1.807) is 11.0 Å². The highest BCUT2D eigenvalue weighted by molar-refractivity contribution is 5.94. The van der Waals surface area contributed by atoms with Gasteiger partial charge >= 0.3 is 0 Å². The minimum absolute atomic E-state index is 0.0699. The van der Waals surface area contributed by atoms with Gasteiger partial charge in [-0.3, -0.25) is 9.48 Å². The number of nitrogens with zero attached hydrogens (tertiary/aromatic N) is 4. The zero-order valence-electron chi connectivity index (χ0n) is 11.9. The number of carbonyl (C=O) groups is 1. The number of hydrogen-bond donors (Lipinski definition) is 1. The Balaban J connectivity index is 1.77. The molecule has 0 aromatic carbocycles. The molecule has 0 spiro atoms. The molecule has 0 aliphatic carbocycles. The average Bonchev–Trinajstić information content (AvgIpc) is 2.94. The van der Waals surface area contributed by atoms with Crippen molar-refractivity contribution in [3.8, 4) is 5.75 Å². The second kappa shape index (κ2) is 5.55. The Morgan fingerprint density at radius 3 is 3.05 bits per heavy atom. The molecule has 1 saturated heterocycles. The normalized spacial score (nSPS) is 18.7. The van der Waals surface area contributed by atoms with Crippen molar-refractivity contribution in [3.05, 3.63) is 42.0 Å². The molecule has 3 rings (SSSR count). The van der Waals surface area contributed by atoms with Gasteiger partial charge in [0.15, 0.2) is 5.69 Å². The van der Waals surface area contributed by atoms with Crippen molar-refractivity contribution in [1.82, 2.24) is 19.7 Å². The number of likely N-dealkylation sites (tertiary alicyclic amines) is 1. The van der Waals surface area contributed by atoms with Crippen molar-refractivity contribution >= 4 is 5.91 Å². The molecule has 2 aromatic rings. The van der Waals surface area contributed by atoms with Crippen LogP contribution in [0.4, 0.5) is 0 Å². The van der Waals surface area contributed by atoms with Gasteiger partial charge in [0.2, 0.25) is 0 Å². The Bertz CT molecular complexity index is 653. The highest BCUT2D eigenvalue weighted by atomic mass is 16.3. The highest BCUT2D eigenvalue weighted by Crippen LogP contribution is 2.24. The molecular weight excluding hydrogens is 268 g/mol. The number of hydrogen-bond acceptors (Lipinski definition) is 4. The Kier molecular flexibility index (Phi) is 3.60. The van der Waals surface area contributed by atoms with Crippen LogP contribution in [0.15, 0.2) is 30.7 Å². The molecule has 21 heavy (non-hydrogen) atoms. The number of rotatable bonds is 2. The van der Waals surface area contributed by atoms with Gasteiger partial charge in [-0.05, 0) is 37.5 Å². The van der Waals surface area contributed by atoms with E-state index in [9.17, 15) is 9.90 Å². The molecule has 1 amide bonds. The number of aryl methyl sites for hydroxylation is 1. The van der Waals surface area contributed by atoms with Gasteiger partial charge in [-0.1, -0.05) is 0 Å². The monoisotopic (exact) mass is 286 g/mol. The first-order valence-corrected chi connectivity index (χ1v) is 7.09. The third kappa shape index (κ3) is 2.74. The van der Waals surface area contributed by atoms with Gasteiger partial charge in [-0.25, -0.2) is 4.98 Å². The largest absolute Gasteiger partial charge is 0.505 e. The molecule has 3 heterocycles. The molecule has 0 unspecified atom stereocenters. The van der Waals surface area contributed by atoms with Crippen LogP contribution in [-0.4, -0.2) is 43.8 Å². The highest BCUT2D eigenvalue weighted by Gasteiger charge is 2.27. The Labute approximate surface area is 123 Å². The number of pyridine rings is 1. The van der Waals surface area contributed by atoms with E-state index in [0.29, 0.717) is 13.1 Å². The predicted octanol–water partition coefficient (Wildman–Crippen LogP) is 1.77. The van der Waals surface area contributed by atoms with Crippen molar-refractivity contribution in [1.29, 1.82) is 0 Å². The smallest absolute Gasteiger partial charge is 0.276 e. The van der Waals surface area contributed by atoms with Gasteiger partial charge in [0.05, 0.1) is 12.2 Å². The van der Waals surface area contributed by atoms with Crippen LogP contribution < -0.4 is 0 Å². The first-order chi connectivity index (χ1) is 10.1. The van der Waals surface area contributed by atoms with Gasteiger partial charge in [0.25, 0.3) is 5.91 Å². The van der Waals surface area contributed by atoms with Crippen molar-refractivity contribution < 1.29 is 9.90 Å². The predicted molar refractivity (Wildman–Crippen MR) is 77.0 cm³/mol. The molecule has 1 aliphatic rings. The Hall–Kier alpha value is -2.37. The van der Waals surface area contributed by atoms with E-state index in [0.717, 1.165) is 18.4 Å². The standard InChI is InChI=1S/C15H18N4O2/c1-11-8-17-19(9-11)12-4-3-7-18(10-12)15(21)14-13(20)5-2-6-16-14/h2,5-6,8-9,12,20H,3-4,7,10H2,1H3/t12-/m1/s1. The summed E-state index contributed by atoms with van der Waals surface area (Å²) in [7, 11) is 0. The quantitative estimate of drug-likeness (QED) is 0.913. The summed E-state index contributed by atoms with van der Waals surface area (Å²) in [6.07, 6.45) is 7.26. The lowest BCUT2D eigenvalue weighted by molar-refractivity contribution is 0.0663. The Morgan fingerprint density at radius 2 is 2.33 bits per heavy atom. The van der Waals surface area contributed by atoms with Crippen molar-refractivity contribution in [2.75, 3.05) is 13.1 Å². The van der Waals surface area contributed by atoms with Crippen LogP contribution in [0, 0.1) is 6.92 Å². The van der Waals surface area contributed by atoms with Crippen LogP contribution in [-0.2, 0) is 0 Å². The summed E-state index contributed by atoms with van der Waals surface area (Å²) in [6, 6.07) is 3.28. The van der Waals surface area contributed by atoms with Crippen LogP contribution in [0.25, 0.3) is 0 Å². The molecule has 0 saturated carbocycles. The molecule has 1 atom stereocenters. The van der Waals surface area contributed by atoms with E-state index in [1.807, 2.05) is 24.0 Å². The number of amides is 1. The third-order valence-corrected chi connectivity index (χ3v) is 3.78. The van der Waals surface area contributed by atoms with Crippen molar-refractivity contribution in [2.45, 2.75) is 25.8 Å². The maximum atomic E-state index is 12.5. The lowest BCUT2D eigenvalue weighted by Gasteiger charge is -2.32. The summed E-state index contributed by atoms with van der Waals surface area (Å²) in [6.45, 7) is 3.28. The lowest BCUT2D eigenvalue weighted by atomic mass is 10.1. The van der Waals surface area contributed by atoms with Crippen LogP contribution in [0.2, 0.25) is 0 Å². The third-order valence-electron chi connectivity index (χ3n) is 3.78. The number of aromatic hydroxyl groups is 1. The summed E-state index contributed by atoms with van der Waals surface area (Å²) < 4.78 is 1.92. The minimum atomic E-state index is -0.221. The lowest BCUT2D eigenvalue weighted by Crippen LogP contribution is -2.41. The molecule has 0 bridgehead atoms.